The molecule has 0 amide bonds. The maximum Gasteiger partial charge on any atom is 0.227 e. The van der Waals surface area contributed by atoms with Gasteiger partial charge in [0.25, 0.3) is 0 Å². The average Bonchev–Trinajstić information content (AvgIpc) is 3.10. The molecule has 0 unspecified atom stereocenters. The van der Waals surface area contributed by atoms with E-state index in [4.69, 9.17) is 4.42 Å². The lowest BCUT2D eigenvalue weighted by Gasteiger charge is -2.03. The van der Waals surface area contributed by atoms with Gasteiger partial charge in [0.15, 0.2) is 5.58 Å². The number of rotatable bonds is 3. The molecule has 0 fully saturated rings. The van der Waals surface area contributed by atoms with E-state index in [0.29, 0.717) is 11.5 Å². The maximum absolute atomic E-state index is 10.2. The number of benzene rings is 3. The number of hydrogen-bond acceptors (Lipinski definition) is 4. The van der Waals surface area contributed by atoms with Crippen LogP contribution >= 0.6 is 45.2 Å². The quantitative estimate of drug-likeness (QED) is 0.224. The second kappa shape index (κ2) is 7.59. The summed E-state index contributed by atoms with van der Waals surface area (Å²) in [5, 5.41) is 10.2. The van der Waals surface area contributed by atoms with Crippen LogP contribution in [-0.2, 0) is 0 Å². The monoisotopic (exact) mass is 580 g/mol. The van der Waals surface area contributed by atoms with E-state index in [0.717, 1.165) is 35.1 Å². The van der Waals surface area contributed by atoms with Gasteiger partial charge in [-0.15, -0.1) is 0 Å². The zero-order valence-corrected chi connectivity index (χ0v) is 18.6. The summed E-state index contributed by atoms with van der Waals surface area (Å²) >= 11 is 4.34. The zero-order chi connectivity index (χ0) is 19.0. The van der Waals surface area contributed by atoms with E-state index in [9.17, 15) is 5.11 Å². The van der Waals surface area contributed by atoms with Crippen LogP contribution in [0.3, 0.4) is 0 Å². The van der Waals surface area contributed by atoms with Crippen molar-refractivity contribution < 1.29 is 9.52 Å². The maximum atomic E-state index is 10.2. The van der Waals surface area contributed by atoms with E-state index < -0.39 is 0 Å². The number of oxazole rings is 1. The van der Waals surface area contributed by atoms with E-state index in [2.05, 4.69) is 55.2 Å². The minimum absolute atomic E-state index is 0.248. The van der Waals surface area contributed by atoms with Crippen molar-refractivity contribution in [1.82, 2.24) is 4.98 Å². The summed E-state index contributed by atoms with van der Waals surface area (Å²) in [5.74, 6) is 0.845. The highest BCUT2D eigenvalue weighted by Gasteiger charge is 2.10. The number of phenols is 1. The minimum atomic E-state index is 0.248. The van der Waals surface area contributed by atoms with E-state index in [1.807, 2.05) is 61.5 Å². The predicted molar refractivity (Wildman–Crippen MR) is 125 cm³/mol. The summed E-state index contributed by atoms with van der Waals surface area (Å²) < 4.78 is 7.72. The molecule has 1 heterocycles. The van der Waals surface area contributed by atoms with Gasteiger partial charge >= 0.3 is 0 Å². The summed E-state index contributed by atoms with van der Waals surface area (Å²) in [5.41, 5.74) is 5.16. The molecule has 0 aliphatic heterocycles. The molecular formula is C21H14I2N2O2. The molecular weight excluding hydrogens is 566 g/mol. The summed E-state index contributed by atoms with van der Waals surface area (Å²) in [4.78, 5) is 9.07. The Morgan fingerprint density at radius 1 is 1.07 bits per heavy atom. The summed E-state index contributed by atoms with van der Waals surface area (Å²) in [6, 6.07) is 17.4. The number of aromatic hydroxyl groups is 1. The average molecular weight is 580 g/mol. The SMILES string of the molecule is Cc1cccc2oc(-c3ccc(/N=C/c4cc(I)cc(I)c4O)cc3)nc12. The Bertz CT molecular complexity index is 1160. The van der Waals surface area contributed by atoms with Crippen molar-refractivity contribution in [2.24, 2.45) is 4.99 Å². The molecule has 1 aromatic heterocycles. The molecule has 0 aliphatic rings. The Kier molecular flexibility index (Phi) is 5.18. The first-order chi connectivity index (χ1) is 13.0. The van der Waals surface area contributed by atoms with Crippen LogP contribution in [0.4, 0.5) is 5.69 Å². The Balaban J connectivity index is 1.61. The first-order valence-electron chi connectivity index (χ1n) is 8.20. The molecule has 4 aromatic rings. The molecule has 134 valence electrons. The Morgan fingerprint density at radius 2 is 1.85 bits per heavy atom. The van der Waals surface area contributed by atoms with Crippen LogP contribution < -0.4 is 0 Å². The lowest BCUT2D eigenvalue weighted by atomic mass is 10.2. The van der Waals surface area contributed by atoms with Crippen LogP contribution in [0.15, 0.2) is 64.0 Å². The predicted octanol–water partition coefficient (Wildman–Crippen LogP) is 6.47. The fraction of sp³-hybridized carbons (Fsp3) is 0.0476. The van der Waals surface area contributed by atoms with Crippen molar-refractivity contribution in [2.45, 2.75) is 6.92 Å². The fourth-order valence-electron chi connectivity index (χ4n) is 2.73. The van der Waals surface area contributed by atoms with Gasteiger partial charge < -0.3 is 9.52 Å². The van der Waals surface area contributed by atoms with Crippen LogP contribution in [0, 0.1) is 14.1 Å². The second-order valence-electron chi connectivity index (χ2n) is 6.07. The van der Waals surface area contributed by atoms with Crippen LogP contribution in [0.1, 0.15) is 11.1 Å². The van der Waals surface area contributed by atoms with E-state index >= 15 is 0 Å². The third-order valence-corrected chi connectivity index (χ3v) is 5.59. The molecule has 0 bridgehead atoms. The highest BCUT2D eigenvalue weighted by Crippen LogP contribution is 2.28. The molecule has 0 aliphatic carbocycles. The van der Waals surface area contributed by atoms with E-state index in [1.165, 1.54) is 0 Å². The van der Waals surface area contributed by atoms with Crippen LogP contribution in [0.5, 0.6) is 5.75 Å². The van der Waals surface area contributed by atoms with Gasteiger partial charge in [-0.3, -0.25) is 4.99 Å². The molecule has 3 aromatic carbocycles. The van der Waals surface area contributed by atoms with Gasteiger partial charge in [0.05, 0.1) is 9.26 Å². The zero-order valence-electron chi connectivity index (χ0n) is 14.3. The van der Waals surface area contributed by atoms with Gasteiger partial charge in [0, 0.05) is 20.9 Å². The molecule has 6 heteroatoms. The first kappa shape index (κ1) is 18.4. The molecule has 4 rings (SSSR count). The van der Waals surface area contributed by atoms with E-state index in [1.54, 1.807) is 6.21 Å². The Hall–Kier alpha value is -1.94. The normalized spacial score (nSPS) is 11.5. The van der Waals surface area contributed by atoms with E-state index in [-0.39, 0.29) is 5.75 Å². The number of halogens is 2. The molecule has 0 atom stereocenters. The summed E-state index contributed by atoms with van der Waals surface area (Å²) in [6.45, 7) is 2.02. The lowest BCUT2D eigenvalue weighted by molar-refractivity contribution is 0.470. The fourth-order valence-corrected chi connectivity index (χ4v) is 4.62. The Morgan fingerprint density at radius 3 is 2.59 bits per heavy atom. The van der Waals surface area contributed by atoms with Crippen molar-refractivity contribution >= 4 is 68.2 Å². The Labute approximate surface area is 183 Å². The highest BCUT2D eigenvalue weighted by molar-refractivity contribution is 14.1. The molecule has 4 nitrogen and oxygen atoms in total. The van der Waals surface area contributed by atoms with Gasteiger partial charge in [-0.1, -0.05) is 12.1 Å². The number of phenolic OH excluding ortho intramolecular Hbond substituents is 1. The number of aryl methyl sites for hydroxylation is 1. The third-order valence-electron chi connectivity index (χ3n) is 4.15. The van der Waals surface area contributed by atoms with Gasteiger partial charge in [-0.25, -0.2) is 4.98 Å². The number of aromatic nitrogens is 1. The molecule has 27 heavy (non-hydrogen) atoms. The summed E-state index contributed by atoms with van der Waals surface area (Å²) in [7, 11) is 0. The second-order valence-corrected chi connectivity index (χ2v) is 8.48. The molecule has 0 radical (unpaired) electrons. The first-order valence-corrected chi connectivity index (χ1v) is 10.4. The van der Waals surface area contributed by atoms with Crippen molar-refractivity contribution in [3.63, 3.8) is 0 Å². The van der Waals surface area contributed by atoms with Crippen LogP contribution in [0.25, 0.3) is 22.6 Å². The largest absolute Gasteiger partial charge is 0.506 e. The molecule has 0 spiro atoms. The lowest BCUT2D eigenvalue weighted by Crippen LogP contribution is -1.87. The number of aliphatic imine (C=N–C) groups is 1. The van der Waals surface area contributed by atoms with Crippen molar-refractivity contribution in [2.75, 3.05) is 0 Å². The molecule has 1 N–H and O–H groups in total. The number of para-hydroxylation sites is 1. The summed E-state index contributed by atoms with van der Waals surface area (Å²) in [6.07, 6.45) is 1.68. The van der Waals surface area contributed by atoms with Crippen molar-refractivity contribution in [3.05, 3.63) is 72.9 Å². The molecule has 0 saturated heterocycles. The third kappa shape index (κ3) is 3.86. The minimum Gasteiger partial charge on any atom is -0.506 e. The van der Waals surface area contributed by atoms with Gasteiger partial charge in [0.2, 0.25) is 5.89 Å². The van der Waals surface area contributed by atoms with Crippen molar-refractivity contribution in [3.8, 4) is 17.2 Å². The molecule has 0 saturated carbocycles. The standard InChI is InChI=1S/C21H14I2N2O2/c1-12-3-2-4-18-19(12)25-21(27-18)13-5-7-16(8-6-13)24-11-14-9-15(22)10-17(23)20(14)26/h2-11,26H,1H3/b24-11+. The number of nitrogens with zero attached hydrogens (tertiary/aromatic N) is 2. The van der Waals surface area contributed by atoms with Gasteiger partial charge in [0.1, 0.15) is 11.3 Å². The van der Waals surface area contributed by atoms with Crippen LogP contribution in [-0.4, -0.2) is 16.3 Å². The van der Waals surface area contributed by atoms with Gasteiger partial charge in [-0.2, -0.15) is 0 Å². The van der Waals surface area contributed by atoms with Crippen LogP contribution in [0.2, 0.25) is 0 Å². The topological polar surface area (TPSA) is 58.6 Å². The number of hydrogen-bond donors (Lipinski definition) is 1. The van der Waals surface area contributed by atoms with Gasteiger partial charge in [-0.05, 0) is 100 Å². The smallest absolute Gasteiger partial charge is 0.227 e. The highest BCUT2D eigenvalue weighted by atomic mass is 127. The van der Waals surface area contributed by atoms with Crippen molar-refractivity contribution in [1.29, 1.82) is 0 Å². The number of fused-ring (bicyclic) bond motifs is 1.